The molecule has 0 aliphatic rings. The number of ketones is 1. The van der Waals surface area contributed by atoms with Crippen LogP contribution in [0.2, 0.25) is 0 Å². The van der Waals surface area contributed by atoms with Crippen LogP contribution in [0.4, 0.5) is 13.2 Å². The van der Waals surface area contributed by atoms with Gasteiger partial charge < -0.3 is 10.1 Å². The van der Waals surface area contributed by atoms with Crippen molar-refractivity contribution in [3.63, 3.8) is 0 Å². The molecular formula is C25H19F3N2O3. The van der Waals surface area contributed by atoms with Crippen molar-refractivity contribution in [3.05, 3.63) is 101 Å². The van der Waals surface area contributed by atoms with Gasteiger partial charge in [-0.15, -0.1) is 0 Å². The highest BCUT2D eigenvalue weighted by Crippen LogP contribution is 2.29. The lowest BCUT2D eigenvalue weighted by molar-refractivity contribution is -0.137. The number of hydrogen-bond donors (Lipinski definition) is 1. The van der Waals surface area contributed by atoms with E-state index >= 15 is 0 Å². The van der Waals surface area contributed by atoms with Crippen LogP contribution in [0.3, 0.4) is 0 Å². The molecule has 0 spiro atoms. The average molecular weight is 452 g/mol. The number of amides is 1. The van der Waals surface area contributed by atoms with E-state index in [2.05, 4.69) is 5.32 Å². The number of benzene rings is 3. The summed E-state index contributed by atoms with van der Waals surface area (Å²) >= 11 is 0. The van der Waals surface area contributed by atoms with E-state index in [4.69, 9.17) is 4.74 Å². The molecule has 3 aromatic rings. The second-order valence-corrected chi connectivity index (χ2v) is 7.48. The van der Waals surface area contributed by atoms with Crippen LogP contribution < -0.4 is 10.1 Å². The van der Waals surface area contributed by atoms with Gasteiger partial charge in [-0.25, -0.2) is 0 Å². The minimum Gasteiger partial charge on any atom is -0.490 e. The molecule has 5 nitrogen and oxygen atoms in total. The molecule has 33 heavy (non-hydrogen) atoms. The number of para-hydroxylation sites is 1. The van der Waals surface area contributed by atoms with Crippen LogP contribution >= 0.6 is 0 Å². The first kappa shape index (κ1) is 23.5. The highest BCUT2D eigenvalue weighted by atomic mass is 19.4. The maximum absolute atomic E-state index is 12.7. The van der Waals surface area contributed by atoms with Crippen molar-refractivity contribution in [1.29, 1.82) is 5.26 Å². The van der Waals surface area contributed by atoms with Crippen molar-refractivity contribution in [2.45, 2.75) is 18.6 Å². The van der Waals surface area contributed by atoms with Gasteiger partial charge >= 0.3 is 6.18 Å². The first-order valence-electron chi connectivity index (χ1n) is 9.85. The van der Waals surface area contributed by atoms with Gasteiger partial charge in [0.15, 0.2) is 11.3 Å². The van der Waals surface area contributed by atoms with E-state index in [-0.39, 0.29) is 23.3 Å². The summed E-state index contributed by atoms with van der Waals surface area (Å²) < 4.78 is 43.6. The number of rotatable bonds is 7. The van der Waals surface area contributed by atoms with Crippen LogP contribution in [0.15, 0.2) is 78.9 Å². The molecule has 1 amide bonds. The fraction of sp³-hybridized carbons (Fsp3) is 0.160. The Morgan fingerprint density at radius 1 is 0.879 bits per heavy atom. The van der Waals surface area contributed by atoms with Crippen molar-refractivity contribution in [2.75, 3.05) is 6.61 Å². The average Bonchev–Trinajstić information content (AvgIpc) is 2.82. The number of nitriles is 1. The van der Waals surface area contributed by atoms with Gasteiger partial charge in [0.05, 0.1) is 11.6 Å². The monoisotopic (exact) mass is 452 g/mol. The molecular weight excluding hydrogens is 433 g/mol. The number of halogens is 3. The lowest BCUT2D eigenvalue weighted by atomic mass is 10.00. The normalized spacial score (nSPS) is 12.8. The lowest BCUT2D eigenvalue weighted by Crippen LogP contribution is -2.49. The molecule has 3 rings (SSSR count). The zero-order valence-electron chi connectivity index (χ0n) is 17.5. The summed E-state index contributed by atoms with van der Waals surface area (Å²) in [5.74, 6) is -0.461. The maximum Gasteiger partial charge on any atom is 0.416 e. The highest BCUT2D eigenvalue weighted by molar-refractivity contribution is 6.09. The number of carbonyl (C=O) groups excluding carboxylic acids is 2. The minimum absolute atomic E-state index is 0.0796. The van der Waals surface area contributed by atoms with Gasteiger partial charge in [0.2, 0.25) is 0 Å². The zero-order valence-corrected chi connectivity index (χ0v) is 17.5. The predicted molar refractivity (Wildman–Crippen MR) is 115 cm³/mol. The Hall–Kier alpha value is -4.12. The van der Waals surface area contributed by atoms with E-state index in [1.165, 1.54) is 31.2 Å². The van der Waals surface area contributed by atoms with Crippen LogP contribution in [-0.4, -0.2) is 23.8 Å². The minimum atomic E-state index is -4.49. The topological polar surface area (TPSA) is 79.2 Å². The second-order valence-electron chi connectivity index (χ2n) is 7.48. The van der Waals surface area contributed by atoms with Crippen molar-refractivity contribution in [1.82, 2.24) is 5.32 Å². The summed E-state index contributed by atoms with van der Waals surface area (Å²) in [7, 11) is 0. The van der Waals surface area contributed by atoms with Gasteiger partial charge in [0, 0.05) is 16.7 Å². The van der Waals surface area contributed by atoms with Gasteiger partial charge in [-0.05, 0) is 43.3 Å². The Balaban J connectivity index is 1.66. The molecule has 0 saturated carbocycles. The van der Waals surface area contributed by atoms with E-state index in [0.717, 1.165) is 24.3 Å². The van der Waals surface area contributed by atoms with Crippen molar-refractivity contribution in [3.8, 4) is 11.8 Å². The third kappa shape index (κ3) is 5.98. The fourth-order valence-electron chi connectivity index (χ4n) is 2.91. The molecule has 1 atom stereocenters. The standard InChI is InChI=1S/C25H19F3N2O3/c1-24(15-29,16-33-21-5-3-2-4-6-21)30-23(32)19-9-7-17(8-10-19)22(31)18-11-13-20(14-12-18)25(26,27)28/h2-14H,16H2,1H3,(H,30,32). The summed E-state index contributed by atoms with van der Waals surface area (Å²) in [6.45, 7) is 1.44. The molecule has 0 aliphatic carbocycles. The maximum atomic E-state index is 12.7. The molecule has 0 fully saturated rings. The van der Waals surface area contributed by atoms with Gasteiger partial charge in [-0.3, -0.25) is 9.59 Å². The molecule has 0 saturated heterocycles. The zero-order chi connectivity index (χ0) is 24.1. The summed E-state index contributed by atoms with van der Waals surface area (Å²) in [6, 6.07) is 20.4. The molecule has 0 aliphatic heterocycles. The molecule has 3 aromatic carbocycles. The summed E-state index contributed by atoms with van der Waals surface area (Å²) in [6.07, 6.45) is -4.49. The molecule has 0 radical (unpaired) electrons. The fourth-order valence-corrected chi connectivity index (χ4v) is 2.91. The highest BCUT2D eigenvalue weighted by Gasteiger charge is 2.30. The van der Waals surface area contributed by atoms with Crippen molar-refractivity contribution >= 4 is 11.7 Å². The van der Waals surface area contributed by atoms with Gasteiger partial charge in [0.25, 0.3) is 5.91 Å². The Kier molecular flexibility index (Phi) is 6.83. The Morgan fingerprint density at radius 3 is 1.91 bits per heavy atom. The number of ether oxygens (including phenoxy) is 1. The van der Waals surface area contributed by atoms with Gasteiger partial charge in [-0.1, -0.05) is 42.5 Å². The molecule has 0 aromatic heterocycles. The quantitative estimate of drug-likeness (QED) is 0.510. The molecule has 0 bridgehead atoms. The molecule has 8 heteroatoms. The van der Waals surface area contributed by atoms with E-state index < -0.39 is 29.0 Å². The number of carbonyl (C=O) groups is 2. The number of alkyl halides is 3. The van der Waals surface area contributed by atoms with Gasteiger partial charge in [0.1, 0.15) is 12.4 Å². The largest absolute Gasteiger partial charge is 0.490 e. The van der Waals surface area contributed by atoms with Crippen molar-refractivity contribution in [2.24, 2.45) is 0 Å². The number of nitrogens with zero attached hydrogens (tertiary/aromatic N) is 1. The SMILES string of the molecule is CC(C#N)(COc1ccccc1)NC(=O)c1ccc(C(=O)c2ccc(C(F)(F)F)cc2)cc1. The van der Waals surface area contributed by atoms with E-state index in [9.17, 15) is 28.0 Å². The first-order chi connectivity index (χ1) is 15.6. The van der Waals surface area contributed by atoms with E-state index in [0.29, 0.717) is 5.75 Å². The number of hydrogen-bond acceptors (Lipinski definition) is 4. The van der Waals surface area contributed by atoms with E-state index in [1.54, 1.807) is 24.3 Å². The predicted octanol–water partition coefficient (Wildman–Crippen LogP) is 5.03. The third-order valence-corrected chi connectivity index (χ3v) is 4.79. The lowest BCUT2D eigenvalue weighted by Gasteiger charge is -2.23. The van der Waals surface area contributed by atoms with Gasteiger partial charge in [-0.2, -0.15) is 18.4 Å². The molecule has 168 valence electrons. The first-order valence-corrected chi connectivity index (χ1v) is 9.85. The third-order valence-electron chi connectivity index (χ3n) is 4.79. The Labute approximate surface area is 188 Å². The van der Waals surface area contributed by atoms with Crippen LogP contribution in [-0.2, 0) is 6.18 Å². The van der Waals surface area contributed by atoms with E-state index in [1.807, 2.05) is 12.1 Å². The second kappa shape index (κ2) is 9.57. The Morgan fingerprint density at radius 2 is 1.39 bits per heavy atom. The van der Waals surface area contributed by atoms with Crippen LogP contribution in [0, 0.1) is 11.3 Å². The van der Waals surface area contributed by atoms with Crippen molar-refractivity contribution < 1.29 is 27.5 Å². The smallest absolute Gasteiger partial charge is 0.416 e. The summed E-state index contributed by atoms with van der Waals surface area (Å²) in [5.41, 5.74) is -1.64. The molecule has 0 heterocycles. The van der Waals surface area contributed by atoms with Crippen LogP contribution in [0.25, 0.3) is 0 Å². The van der Waals surface area contributed by atoms with Crippen LogP contribution in [0.5, 0.6) is 5.75 Å². The Bertz CT molecular complexity index is 1170. The number of nitrogens with one attached hydrogen (secondary N) is 1. The summed E-state index contributed by atoms with van der Waals surface area (Å²) in [4.78, 5) is 25.1. The molecule has 1 N–H and O–H groups in total. The molecule has 1 unspecified atom stereocenters. The summed E-state index contributed by atoms with van der Waals surface area (Å²) in [5, 5.41) is 12.1. The van der Waals surface area contributed by atoms with Crippen LogP contribution in [0.1, 0.15) is 38.8 Å².